The number of hydrogen-bond acceptors (Lipinski definition) is 8. The number of nitrogens with two attached hydrogens (primary N) is 1. The number of aliphatic carboxylic acids is 1. The zero-order valence-electron chi connectivity index (χ0n) is 26.5. The van der Waals surface area contributed by atoms with E-state index in [0.717, 1.165) is 16.0 Å². The Hall–Kier alpha value is -5.24. The van der Waals surface area contributed by atoms with E-state index in [-0.39, 0.29) is 67.9 Å². The van der Waals surface area contributed by atoms with Gasteiger partial charge in [0, 0.05) is 30.8 Å². The van der Waals surface area contributed by atoms with Gasteiger partial charge in [-0.3, -0.25) is 29.1 Å². The van der Waals surface area contributed by atoms with E-state index in [9.17, 15) is 32.3 Å². The second-order valence-electron chi connectivity index (χ2n) is 10.7. The molecule has 15 heteroatoms. The van der Waals surface area contributed by atoms with Gasteiger partial charge in [0.15, 0.2) is 17.3 Å². The predicted molar refractivity (Wildman–Crippen MR) is 173 cm³/mol. The molecule has 4 rings (SSSR count). The molecule has 0 fully saturated rings. The molecule has 3 aromatic carbocycles. The topological polar surface area (TPSA) is 166 Å². The molecular weight excluding hydrogens is 671 g/mol. The SMILES string of the molecule is COc1ccc(CC(=O)CC(N)=N[C@@H](Cc2ccc(Cl)cc2)C(=O)CCCN2C(=O)c3ccccc3C2=O)cc1OC.O=C(O)C(F)(F)F. The minimum Gasteiger partial charge on any atom is -0.493 e. The van der Waals surface area contributed by atoms with Crippen LogP contribution in [-0.4, -0.2) is 78.2 Å². The Labute approximate surface area is 284 Å². The Balaban J connectivity index is 0.000000838. The second-order valence-corrected chi connectivity index (χ2v) is 11.2. The van der Waals surface area contributed by atoms with E-state index in [1.54, 1.807) is 66.7 Å². The van der Waals surface area contributed by atoms with Crippen molar-refractivity contribution in [1.82, 2.24) is 4.90 Å². The molecule has 0 aliphatic carbocycles. The van der Waals surface area contributed by atoms with Crippen LogP contribution in [0.5, 0.6) is 11.5 Å². The van der Waals surface area contributed by atoms with E-state index in [0.29, 0.717) is 27.6 Å². The smallest absolute Gasteiger partial charge is 0.490 e. The number of hydrogen-bond donors (Lipinski definition) is 2. The summed E-state index contributed by atoms with van der Waals surface area (Å²) in [6.45, 7) is 0.106. The van der Waals surface area contributed by atoms with E-state index >= 15 is 0 Å². The molecule has 11 nitrogen and oxygen atoms in total. The number of Topliss-reactive ketones (excluding diaryl/α,β-unsaturated/α-hetero) is 2. The third-order valence-corrected chi connectivity index (χ3v) is 7.44. The number of halogens is 4. The van der Waals surface area contributed by atoms with Gasteiger partial charge in [-0.05, 0) is 53.9 Å². The van der Waals surface area contributed by atoms with Crippen LogP contribution in [0.3, 0.4) is 0 Å². The highest BCUT2D eigenvalue weighted by molar-refractivity contribution is 6.30. The molecule has 0 spiro atoms. The first-order valence-electron chi connectivity index (χ1n) is 14.7. The third-order valence-electron chi connectivity index (χ3n) is 7.19. The number of ketones is 2. The van der Waals surface area contributed by atoms with E-state index in [1.165, 1.54) is 14.2 Å². The molecule has 1 atom stereocenters. The summed E-state index contributed by atoms with van der Waals surface area (Å²) in [7, 11) is 3.05. The largest absolute Gasteiger partial charge is 0.493 e. The van der Waals surface area contributed by atoms with Crippen LogP contribution in [0.2, 0.25) is 5.02 Å². The summed E-state index contributed by atoms with van der Waals surface area (Å²) in [5.74, 6) is -2.75. The van der Waals surface area contributed by atoms with Crippen LogP contribution >= 0.6 is 11.6 Å². The molecule has 0 bridgehead atoms. The van der Waals surface area contributed by atoms with Gasteiger partial charge in [0.25, 0.3) is 11.8 Å². The maximum absolute atomic E-state index is 13.3. The number of carbonyl (C=O) groups is 5. The third kappa shape index (κ3) is 10.9. The van der Waals surface area contributed by atoms with Crippen LogP contribution in [0.15, 0.2) is 71.7 Å². The molecule has 0 radical (unpaired) electrons. The zero-order chi connectivity index (χ0) is 36.3. The molecule has 260 valence electrons. The molecule has 2 amide bonds. The highest BCUT2D eigenvalue weighted by atomic mass is 35.5. The fourth-order valence-corrected chi connectivity index (χ4v) is 4.95. The number of carbonyl (C=O) groups excluding carboxylic acids is 4. The second kappa shape index (κ2) is 17.2. The molecule has 49 heavy (non-hydrogen) atoms. The van der Waals surface area contributed by atoms with Crippen molar-refractivity contribution in [3.63, 3.8) is 0 Å². The van der Waals surface area contributed by atoms with Gasteiger partial charge in [0.2, 0.25) is 0 Å². The van der Waals surface area contributed by atoms with Crippen molar-refractivity contribution in [2.24, 2.45) is 10.7 Å². The summed E-state index contributed by atoms with van der Waals surface area (Å²) in [6, 6.07) is 18.1. The number of imide groups is 1. The number of ether oxygens (including phenoxy) is 2. The number of alkyl halides is 3. The lowest BCUT2D eigenvalue weighted by atomic mass is 9.99. The maximum Gasteiger partial charge on any atom is 0.490 e. The number of carboxylic acid groups (broad SMARTS) is 1. The number of amides is 2. The predicted octanol–water partition coefficient (Wildman–Crippen LogP) is 5.11. The quantitative estimate of drug-likeness (QED) is 0.132. The Bertz CT molecular complexity index is 1690. The molecule has 0 saturated heterocycles. The van der Waals surface area contributed by atoms with Gasteiger partial charge in [-0.15, -0.1) is 0 Å². The zero-order valence-corrected chi connectivity index (χ0v) is 27.2. The van der Waals surface area contributed by atoms with Crippen molar-refractivity contribution >= 4 is 46.8 Å². The van der Waals surface area contributed by atoms with E-state index < -0.39 is 18.2 Å². The lowest BCUT2D eigenvalue weighted by molar-refractivity contribution is -0.192. The average Bonchev–Trinajstić information content (AvgIpc) is 3.29. The monoisotopic (exact) mass is 703 g/mol. The van der Waals surface area contributed by atoms with Crippen molar-refractivity contribution < 1.29 is 51.7 Å². The van der Waals surface area contributed by atoms with Gasteiger partial charge in [-0.1, -0.05) is 41.9 Å². The van der Waals surface area contributed by atoms with Gasteiger partial charge in [-0.25, -0.2) is 4.79 Å². The number of benzene rings is 3. The van der Waals surface area contributed by atoms with Crippen LogP contribution in [0, 0.1) is 0 Å². The van der Waals surface area contributed by atoms with E-state index in [2.05, 4.69) is 4.99 Å². The summed E-state index contributed by atoms with van der Waals surface area (Å²) in [4.78, 5) is 65.9. The summed E-state index contributed by atoms with van der Waals surface area (Å²) in [5.41, 5.74) is 8.46. The number of fused-ring (bicyclic) bond motifs is 1. The van der Waals surface area contributed by atoms with Gasteiger partial charge in [-0.2, -0.15) is 13.2 Å². The van der Waals surface area contributed by atoms with Crippen LogP contribution in [-0.2, 0) is 27.2 Å². The number of aliphatic imine (C=N–C) groups is 1. The van der Waals surface area contributed by atoms with Crippen LogP contribution in [0.25, 0.3) is 0 Å². The van der Waals surface area contributed by atoms with Crippen molar-refractivity contribution in [2.75, 3.05) is 20.8 Å². The molecule has 3 N–H and O–H groups in total. The highest BCUT2D eigenvalue weighted by Gasteiger charge is 2.38. The number of methoxy groups -OCH3 is 2. The standard InChI is InChI=1S/C32H32ClN3O6.C2HF3O2/c1-41-28-14-11-21(18-29(28)42-2)16-23(37)19-30(34)35-26(17-20-9-12-22(33)13-10-20)27(38)8-5-15-36-31(39)24-6-3-4-7-25(24)32(36)40;3-2(4,5)1(6)7/h3-4,6-7,9-14,18,26H,5,8,15-17,19H2,1-2H3,(H2,34,35);(H,6,7)/t26-;/m0./s1. The average molecular weight is 704 g/mol. The van der Waals surface area contributed by atoms with E-state index in [1.807, 2.05) is 0 Å². The minimum absolute atomic E-state index is 0.0492. The Morgan fingerprint density at radius 2 is 1.47 bits per heavy atom. The summed E-state index contributed by atoms with van der Waals surface area (Å²) < 4.78 is 42.3. The van der Waals surface area contributed by atoms with Crippen LogP contribution in [0.1, 0.15) is 51.1 Å². The van der Waals surface area contributed by atoms with E-state index in [4.69, 9.17) is 36.7 Å². The molecule has 0 unspecified atom stereocenters. The van der Waals surface area contributed by atoms with Gasteiger partial charge in [0.05, 0.1) is 31.8 Å². The Kier molecular flexibility index (Phi) is 13.4. The minimum atomic E-state index is -5.08. The molecule has 0 aromatic heterocycles. The molecule has 0 saturated carbocycles. The summed E-state index contributed by atoms with van der Waals surface area (Å²) in [6.07, 6.45) is -4.51. The summed E-state index contributed by atoms with van der Waals surface area (Å²) in [5, 5.41) is 7.69. The lowest BCUT2D eigenvalue weighted by Crippen LogP contribution is -2.32. The number of rotatable bonds is 14. The van der Waals surface area contributed by atoms with Crippen LogP contribution in [0.4, 0.5) is 13.2 Å². The normalized spacial score (nSPS) is 13.3. The number of amidine groups is 1. The molecular formula is C34H33ClF3N3O8. The number of nitrogens with zero attached hydrogens (tertiary/aromatic N) is 2. The molecule has 3 aromatic rings. The first-order valence-corrected chi connectivity index (χ1v) is 15.1. The first kappa shape index (κ1) is 38.2. The lowest BCUT2D eigenvalue weighted by Gasteiger charge is -2.16. The van der Waals surface area contributed by atoms with Crippen molar-refractivity contribution in [1.29, 1.82) is 0 Å². The highest BCUT2D eigenvalue weighted by Crippen LogP contribution is 2.28. The van der Waals surface area contributed by atoms with Crippen molar-refractivity contribution in [3.05, 3.63) is 94.0 Å². The van der Waals surface area contributed by atoms with Gasteiger partial charge >= 0.3 is 12.1 Å². The fourth-order valence-electron chi connectivity index (χ4n) is 4.82. The van der Waals surface area contributed by atoms with Crippen molar-refractivity contribution in [2.45, 2.75) is 44.3 Å². The van der Waals surface area contributed by atoms with Gasteiger partial charge < -0.3 is 20.3 Å². The molecule has 1 heterocycles. The van der Waals surface area contributed by atoms with Crippen molar-refractivity contribution in [3.8, 4) is 11.5 Å². The maximum atomic E-state index is 13.3. The fraction of sp³-hybridized carbons (Fsp3) is 0.294. The molecule has 1 aliphatic heterocycles. The van der Waals surface area contributed by atoms with Crippen LogP contribution < -0.4 is 15.2 Å². The Morgan fingerprint density at radius 1 is 0.918 bits per heavy atom. The summed E-state index contributed by atoms with van der Waals surface area (Å²) >= 11 is 6.02. The molecule has 1 aliphatic rings. The first-order chi connectivity index (χ1) is 23.1. The number of carboxylic acids is 1. The Morgan fingerprint density at radius 3 is 2.00 bits per heavy atom. The van der Waals surface area contributed by atoms with Gasteiger partial charge in [0.1, 0.15) is 17.7 Å².